The Hall–Kier alpha value is -0.570. The minimum Gasteiger partial charge on any atom is -0.375 e. The fraction of sp³-hybridized carbons (Fsp3) is 0.909. The largest absolute Gasteiger partial charge is 0.375 e. The van der Waals surface area contributed by atoms with Crippen molar-refractivity contribution in [2.24, 2.45) is 0 Å². The number of rotatable bonds is 2. The number of nitrogens with zero attached hydrogens (tertiary/aromatic N) is 1. The molecule has 2 aliphatic heterocycles. The van der Waals surface area contributed by atoms with Crippen LogP contribution in [0.5, 0.6) is 0 Å². The maximum Gasteiger partial charge on any atom is 0.222 e. The fourth-order valence-corrected chi connectivity index (χ4v) is 2.56. The Kier molecular flexibility index (Phi) is 2.77. The molecule has 2 fully saturated rings. The Morgan fingerprint density at radius 3 is 2.93 bits per heavy atom. The number of carbonyl (C=O) groups excluding carboxylic acids is 1. The lowest BCUT2D eigenvalue weighted by Gasteiger charge is -2.35. The third-order valence-corrected chi connectivity index (χ3v) is 3.14. The third-order valence-electron chi connectivity index (χ3n) is 3.14. The van der Waals surface area contributed by atoms with E-state index in [0.717, 1.165) is 32.2 Å². The first kappa shape index (κ1) is 9.97. The number of ether oxygens (including phenoxy) is 1. The average molecular weight is 197 g/mol. The molecule has 3 nitrogen and oxygen atoms in total. The van der Waals surface area contributed by atoms with Crippen LogP contribution in [0, 0.1) is 0 Å². The molecule has 2 unspecified atom stereocenters. The van der Waals surface area contributed by atoms with Gasteiger partial charge in [-0.2, -0.15) is 0 Å². The lowest BCUT2D eigenvalue weighted by atomic mass is 10.00. The topological polar surface area (TPSA) is 29.5 Å². The van der Waals surface area contributed by atoms with Crippen molar-refractivity contribution in [1.82, 2.24) is 4.90 Å². The van der Waals surface area contributed by atoms with Gasteiger partial charge in [-0.3, -0.25) is 4.79 Å². The fourth-order valence-electron chi connectivity index (χ4n) is 2.56. The minimum atomic E-state index is 0.309. The van der Waals surface area contributed by atoms with E-state index in [0.29, 0.717) is 24.2 Å². The van der Waals surface area contributed by atoms with Gasteiger partial charge in [0.15, 0.2) is 0 Å². The minimum absolute atomic E-state index is 0.309. The van der Waals surface area contributed by atoms with Gasteiger partial charge in [-0.1, -0.05) is 0 Å². The van der Waals surface area contributed by atoms with Crippen molar-refractivity contribution >= 4 is 5.91 Å². The van der Waals surface area contributed by atoms with Crippen LogP contribution >= 0.6 is 0 Å². The van der Waals surface area contributed by atoms with E-state index in [4.69, 9.17) is 4.74 Å². The van der Waals surface area contributed by atoms with Crippen molar-refractivity contribution in [2.75, 3.05) is 6.54 Å². The molecule has 0 saturated carbocycles. The first-order valence-electron chi connectivity index (χ1n) is 5.61. The van der Waals surface area contributed by atoms with Gasteiger partial charge in [-0.15, -0.1) is 0 Å². The van der Waals surface area contributed by atoms with Crippen LogP contribution in [0.1, 0.15) is 39.5 Å². The molecular weight excluding hydrogens is 178 g/mol. The maximum atomic E-state index is 11.4. The Morgan fingerprint density at radius 1 is 1.43 bits per heavy atom. The number of piperidine rings is 1. The van der Waals surface area contributed by atoms with Gasteiger partial charge >= 0.3 is 0 Å². The second kappa shape index (κ2) is 3.89. The van der Waals surface area contributed by atoms with Crippen molar-refractivity contribution < 1.29 is 9.53 Å². The molecule has 80 valence electrons. The van der Waals surface area contributed by atoms with Crippen molar-refractivity contribution in [3.05, 3.63) is 0 Å². The zero-order chi connectivity index (χ0) is 10.1. The standard InChI is InChI=1S/C11H19NO2/c1-8(2)14-10-5-6-12-9(7-10)3-4-11(12)13/h8-10H,3-7H2,1-2H3. The molecule has 2 heterocycles. The third kappa shape index (κ3) is 1.92. The van der Waals surface area contributed by atoms with Crippen LogP contribution in [0.3, 0.4) is 0 Å². The molecule has 3 heteroatoms. The van der Waals surface area contributed by atoms with Gasteiger partial charge in [0.25, 0.3) is 0 Å². The molecule has 0 N–H and O–H groups in total. The second-order valence-electron chi connectivity index (χ2n) is 4.61. The van der Waals surface area contributed by atoms with Gasteiger partial charge in [0.1, 0.15) is 0 Å². The van der Waals surface area contributed by atoms with Gasteiger partial charge < -0.3 is 9.64 Å². The molecule has 2 aliphatic rings. The normalized spacial score (nSPS) is 32.5. The van der Waals surface area contributed by atoms with E-state index in [1.807, 2.05) is 4.90 Å². The Balaban J connectivity index is 1.89. The highest BCUT2D eigenvalue weighted by Gasteiger charge is 2.36. The van der Waals surface area contributed by atoms with E-state index in [9.17, 15) is 4.79 Å². The Morgan fingerprint density at radius 2 is 2.21 bits per heavy atom. The summed E-state index contributed by atoms with van der Waals surface area (Å²) in [6.07, 6.45) is 4.53. The monoisotopic (exact) mass is 197 g/mol. The summed E-state index contributed by atoms with van der Waals surface area (Å²) in [6, 6.07) is 0.472. The number of fused-ring (bicyclic) bond motifs is 1. The SMILES string of the molecule is CC(C)OC1CCN2C(=O)CCC2C1. The lowest BCUT2D eigenvalue weighted by Crippen LogP contribution is -2.43. The van der Waals surface area contributed by atoms with Gasteiger partial charge in [0, 0.05) is 19.0 Å². The number of hydrogen-bond acceptors (Lipinski definition) is 2. The van der Waals surface area contributed by atoms with Crippen molar-refractivity contribution in [3.8, 4) is 0 Å². The number of carbonyl (C=O) groups is 1. The maximum absolute atomic E-state index is 11.4. The molecule has 0 aromatic heterocycles. The highest BCUT2D eigenvalue weighted by molar-refractivity contribution is 5.78. The summed E-state index contributed by atoms with van der Waals surface area (Å²) in [7, 11) is 0. The summed E-state index contributed by atoms with van der Waals surface area (Å²) in [5.74, 6) is 0.345. The average Bonchev–Trinajstić information content (AvgIpc) is 2.46. The van der Waals surface area contributed by atoms with E-state index in [-0.39, 0.29) is 0 Å². The molecule has 2 atom stereocenters. The van der Waals surface area contributed by atoms with E-state index >= 15 is 0 Å². The van der Waals surface area contributed by atoms with E-state index in [1.165, 1.54) is 0 Å². The summed E-state index contributed by atoms with van der Waals surface area (Å²) in [4.78, 5) is 13.5. The Labute approximate surface area is 85.4 Å². The summed E-state index contributed by atoms with van der Waals surface area (Å²) in [5.41, 5.74) is 0. The summed E-state index contributed by atoms with van der Waals surface area (Å²) in [6.45, 7) is 5.05. The van der Waals surface area contributed by atoms with E-state index in [2.05, 4.69) is 13.8 Å². The molecule has 0 bridgehead atoms. The molecular formula is C11H19NO2. The van der Waals surface area contributed by atoms with Crippen molar-refractivity contribution in [1.29, 1.82) is 0 Å². The predicted octanol–water partition coefficient (Wildman–Crippen LogP) is 1.56. The van der Waals surface area contributed by atoms with E-state index in [1.54, 1.807) is 0 Å². The zero-order valence-corrected chi connectivity index (χ0v) is 9.03. The van der Waals surface area contributed by atoms with Crippen LogP contribution in [-0.4, -0.2) is 35.6 Å². The van der Waals surface area contributed by atoms with Crippen LogP contribution in [0.4, 0.5) is 0 Å². The van der Waals surface area contributed by atoms with Gasteiger partial charge in [0.05, 0.1) is 12.2 Å². The molecule has 0 spiro atoms. The summed E-state index contributed by atoms with van der Waals surface area (Å²) < 4.78 is 5.80. The van der Waals surface area contributed by atoms with Gasteiger partial charge in [-0.05, 0) is 33.1 Å². The first-order chi connectivity index (χ1) is 6.66. The molecule has 0 aliphatic carbocycles. The summed E-state index contributed by atoms with van der Waals surface area (Å²) in [5, 5.41) is 0. The smallest absolute Gasteiger partial charge is 0.222 e. The van der Waals surface area contributed by atoms with Crippen molar-refractivity contribution in [2.45, 2.75) is 57.8 Å². The van der Waals surface area contributed by atoms with Gasteiger partial charge in [-0.25, -0.2) is 0 Å². The highest BCUT2D eigenvalue weighted by atomic mass is 16.5. The Bertz CT molecular complexity index is 227. The zero-order valence-electron chi connectivity index (χ0n) is 9.03. The molecule has 0 radical (unpaired) electrons. The highest BCUT2D eigenvalue weighted by Crippen LogP contribution is 2.29. The van der Waals surface area contributed by atoms with Gasteiger partial charge in [0.2, 0.25) is 5.91 Å². The van der Waals surface area contributed by atoms with Crippen LogP contribution in [-0.2, 0) is 9.53 Å². The molecule has 2 rings (SSSR count). The molecule has 0 aromatic rings. The number of hydrogen-bond donors (Lipinski definition) is 0. The molecule has 1 amide bonds. The quantitative estimate of drug-likeness (QED) is 0.672. The molecule has 14 heavy (non-hydrogen) atoms. The van der Waals surface area contributed by atoms with Crippen LogP contribution < -0.4 is 0 Å². The van der Waals surface area contributed by atoms with Crippen molar-refractivity contribution in [3.63, 3.8) is 0 Å². The van der Waals surface area contributed by atoms with Crippen LogP contribution in [0.25, 0.3) is 0 Å². The predicted molar refractivity (Wildman–Crippen MR) is 54.0 cm³/mol. The first-order valence-corrected chi connectivity index (χ1v) is 5.61. The summed E-state index contributed by atoms with van der Waals surface area (Å²) >= 11 is 0. The van der Waals surface area contributed by atoms with E-state index < -0.39 is 0 Å². The number of amides is 1. The molecule has 0 aromatic carbocycles. The lowest BCUT2D eigenvalue weighted by molar-refractivity contribution is -0.132. The van der Waals surface area contributed by atoms with Crippen LogP contribution in [0.2, 0.25) is 0 Å². The van der Waals surface area contributed by atoms with Crippen LogP contribution in [0.15, 0.2) is 0 Å². The molecule has 2 saturated heterocycles. The second-order valence-corrected chi connectivity index (χ2v) is 4.61.